The number of carboxylic acid groups (broad SMARTS) is 1. The van der Waals surface area contributed by atoms with E-state index in [2.05, 4.69) is 5.32 Å². The molecule has 0 aromatic carbocycles. The van der Waals surface area contributed by atoms with Crippen LogP contribution < -0.4 is 5.32 Å². The fourth-order valence-corrected chi connectivity index (χ4v) is 3.23. The summed E-state index contributed by atoms with van der Waals surface area (Å²) in [7, 11) is 0. The van der Waals surface area contributed by atoms with E-state index in [4.69, 9.17) is 0 Å². The molecule has 2 N–H and O–H groups in total. The normalized spacial score (nSPS) is 31.4. The molecule has 0 aliphatic carbocycles. The zero-order chi connectivity index (χ0) is 13.9. The maximum atomic E-state index is 12.3. The van der Waals surface area contributed by atoms with Gasteiger partial charge in [0.05, 0.1) is 5.41 Å². The van der Waals surface area contributed by atoms with Gasteiger partial charge in [0.2, 0.25) is 5.91 Å². The Morgan fingerprint density at radius 1 is 1.42 bits per heavy atom. The van der Waals surface area contributed by atoms with Gasteiger partial charge in [-0.05, 0) is 38.6 Å². The summed E-state index contributed by atoms with van der Waals surface area (Å²) in [5.74, 6) is -0.648. The summed E-state index contributed by atoms with van der Waals surface area (Å²) in [6.45, 7) is 3.98. The fraction of sp³-hybridized carbons (Fsp3) is 0.857. The lowest BCUT2D eigenvalue weighted by Gasteiger charge is -2.39. The quantitative estimate of drug-likeness (QED) is 0.804. The topological polar surface area (TPSA) is 69.6 Å². The van der Waals surface area contributed by atoms with E-state index in [0.717, 1.165) is 25.8 Å². The van der Waals surface area contributed by atoms with Crippen molar-refractivity contribution >= 4 is 11.9 Å². The van der Waals surface area contributed by atoms with Crippen LogP contribution in [0.4, 0.5) is 0 Å². The second-order valence-electron chi connectivity index (χ2n) is 5.86. The van der Waals surface area contributed by atoms with Gasteiger partial charge in [0.25, 0.3) is 0 Å². The van der Waals surface area contributed by atoms with Gasteiger partial charge in [0.15, 0.2) is 0 Å². The Bertz CT molecular complexity index is 353. The predicted molar refractivity (Wildman–Crippen MR) is 71.8 cm³/mol. The van der Waals surface area contributed by atoms with Crippen LogP contribution in [0.5, 0.6) is 0 Å². The van der Waals surface area contributed by atoms with E-state index in [-0.39, 0.29) is 11.9 Å². The third-order valence-corrected chi connectivity index (χ3v) is 4.64. The van der Waals surface area contributed by atoms with E-state index in [1.807, 2.05) is 6.92 Å². The van der Waals surface area contributed by atoms with Crippen molar-refractivity contribution in [2.75, 3.05) is 19.6 Å². The molecule has 2 aliphatic rings. The molecule has 0 aromatic heterocycles. The number of aliphatic carboxylic acids is 1. The minimum absolute atomic E-state index is 0.109. The largest absolute Gasteiger partial charge is 0.481 e. The van der Waals surface area contributed by atoms with Gasteiger partial charge in [-0.1, -0.05) is 6.92 Å². The van der Waals surface area contributed by atoms with Crippen molar-refractivity contribution in [3.8, 4) is 0 Å². The van der Waals surface area contributed by atoms with Crippen LogP contribution in [0.2, 0.25) is 0 Å². The van der Waals surface area contributed by atoms with Gasteiger partial charge in [0.1, 0.15) is 0 Å². The van der Waals surface area contributed by atoms with Crippen molar-refractivity contribution in [3.63, 3.8) is 0 Å². The Kier molecular flexibility index (Phi) is 4.45. The molecule has 2 unspecified atom stereocenters. The van der Waals surface area contributed by atoms with Crippen LogP contribution >= 0.6 is 0 Å². The average Bonchev–Trinajstić information content (AvgIpc) is 2.91. The molecule has 0 radical (unpaired) electrons. The summed E-state index contributed by atoms with van der Waals surface area (Å²) in [5.41, 5.74) is -0.725. The number of piperidine rings is 1. The van der Waals surface area contributed by atoms with Crippen LogP contribution in [-0.4, -0.2) is 47.6 Å². The SMILES string of the molecule is CCC1(C(=O)O)CCCN(C(=O)CC2CCCN2)C1. The molecule has 2 fully saturated rings. The summed E-state index contributed by atoms with van der Waals surface area (Å²) < 4.78 is 0. The number of nitrogens with zero attached hydrogens (tertiary/aromatic N) is 1. The Hall–Kier alpha value is -1.10. The molecule has 2 heterocycles. The monoisotopic (exact) mass is 268 g/mol. The maximum absolute atomic E-state index is 12.3. The summed E-state index contributed by atoms with van der Waals surface area (Å²) in [4.78, 5) is 25.5. The van der Waals surface area contributed by atoms with E-state index in [1.54, 1.807) is 4.90 Å². The third-order valence-electron chi connectivity index (χ3n) is 4.64. The highest BCUT2D eigenvalue weighted by molar-refractivity contribution is 5.80. The number of nitrogens with one attached hydrogen (secondary N) is 1. The van der Waals surface area contributed by atoms with E-state index in [1.165, 1.54) is 0 Å². The van der Waals surface area contributed by atoms with Crippen molar-refractivity contribution < 1.29 is 14.7 Å². The number of amides is 1. The lowest BCUT2D eigenvalue weighted by atomic mass is 9.77. The van der Waals surface area contributed by atoms with Crippen LogP contribution in [0.15, 0.2) is 0 Å². The molecular formula is C14H24N2O3. The average molecular weight is 268 g/mol. The van der Waals surface area contributed by atoms with Crippen molar-refractivity contribution in [1.29, 1.82) is 0 Å². The van der Waals surface area contributed by atoms with Crippen LogP contribution in [0, 0.1) is 5.41 Å². The molecule has 0 saturated carbocycles. The highest BCUT2D eigenvalue weighted by Gasteiger charge is 2.42. The predicted octanol–water partition coefficient (Wildman–Crippen LogP) is 1.23. The number of carbonyl (C=O) groups is 2. The minimum Gasteiger partial charge on any atom is -0.481 e. The van der Waals surface area contributed by atoms with Gasteiger partial charge in [-0.25, -0.2) is 0 Å². The minimum atomic E-state index is -0.758. The summed E-state index contributed by atoms with van der Waals surface area (Å²) >= 11 is 0. The number of rotatable bonds is 4. The Labute approximate surface area is 114 Å². The Morgan fingerprint density at radius 3 is 2.79 bits per heavy atom. The first-order valence-corrected chi connectivity index (χ1v) is 7.32. The summed E-state index contributed by atoms with van der Waals surface area (Å²) in [5, 5.41) is 12.7. The number of carbonyl (C=O) groups excluding carboxylic acids is 1. The van der Waals surface area contributed by atoms with Gasteiger partial charge in [-0.15, -0.1) is 0 Å². The van der Waals surface area contributed by atoms with Crippen LogP contribution in [0.25, 0.3) is 0 Å². The molecule has 0 spiro atoms. The Balaban J connectivity index is 1.96. The maximum Gasteiger partial charge on any atom is 0.311 e. The first kappa shape index (κ1) is 14.3. The molecule has 108 valence electrons. The van der Waals surface area contributed by atoms with Crippen molar-refractivity contribution in [2.45, 2.75) is 51.5 Å². The molecule has 0 aromatic rings. The Morgan fingerprint density at radius 2 is 2.21 bits per heavy atom. The van der Waals surface area contributed by atoms with Crippen LogP contribution in [-0.2, 0) is 9.59 Å². The van der Waals surface area contributed by atoms with E-state index in [9.17, 15) is 14.7 Å². The van der Waals surface area contributed by atoms with Crippen LogP contribution in [0.3, 0.4) is 0 Å². The lowest BCUT2D eigenvalue weighted by Crippen LogP contribution is -2.50. The second-order valence-corrected chi connectivity index (χ2v) is 5.86. The third kappa shape index (κ3) is 3.08. The zero-order valence-electron chi connectivity index (χ0n) is 11.7. The van der Waals surface area contributed by atoms with Gasteiger partial charge < -0.3 is 15.3 Å². The van der Waals surface area contributed by atoms with E-state index in [0.29, 0.717) is 32.4 Å². The zero-order valence-corrected chi connectivity index (χ0v) is 11.7. The molecule has 2 saturated heterocycles. The molecule has 5 heteroatoms. The van der Waals surface area contributed by atoms with Crippen molar-refractivity contribution in [3.05, 3.63) is 0 Å². The fourth-order valence-electron chi connectivity index (χ4n) is 3.23. The molecular weight excluding hydrogens is 244 g/mol. The highest BCUT2D eigenvalue weighted by Crippen LogP contribution is 2.34. The number of likely N-dealkylation sites (tertiary alicyclic amines) is 1. The molecule has 0 bridgehead atoms. The lowest BCUT2D eigenvalue weighted by molar-refractivity contribution is -0.155. The molecule has 2 atom stereocenters. The van der Waals surface area contributed by atoms with Crippen molar-refractivity contribution in [1.82, 2.24) is 10.2 Å². The molecule has 5 nitrogen and oxygen atoms in total. The van der Waals surface area contributed by atoms with Gasteiger partial charge in [-0.2, -0.15) is 0 Å². The highest BCUT2D eigenvalue weighted by atomic mass is 16.4. The van der Waals surface area contributed by atoms with Gasteiger partial charge in [0, 0.05) is 25.6 Å². The summed E-state index contributed by atoms with van der Waals surface area (Å²) in [6.07, 6.45) is 4.77. The van der Waals surface area contributed by atoms with Crippen LogP contribution in [0.1, 0.15) is 45.4 Å². The van der Waals surface area contributed by atoms with E-state index < -0.39 is 11.4 Å². The smallest absolute Gasteiger partial charge is 0.311 e. The standard InChI is InChI=1S/C14H24N2O3/c1-2-14(13(18)19)6-4-8-16(10-14)12(17)9-11-5-3-7-15-11/h11,15H,2-10H2,1H3,(H,18,19). The van der Waals surface area contributed by atoms with Gasteiger partial charge in [-0.3, -0.25) is 9.59 Å². The second kappa shape index (κ2) is 5.90. The first-order valence-electron chi connectivity index (χ1n) is 7.32. The number of hydrogen-bond acceptors (Lipinski definition) is 3. The molecule has 2 aliphatic heterocycles. The molecule has 1 amide bonds. The molecule has 2 rings (SSSR count). The van der Waals surface area contributed by atoms with E-state index >= 15 is 0 Å². The van der Waals surface area contributed by atoms with Crippen molar-refractivity contribution in [2.24, 2.45) is 5.41 Å². The molecule has 19 heavy (non-hydrogen) atoms. The number of carboxylic acids is 1. The van der Waals surface area contributed by atoms with Gasteiger partial charge >= 0.3 is 5.97 Å². The summed E-state index contributed by atoms with van der Waals surface area (Å²) in [6, 6.07) is 0.287. The first-order chi connectivity index (χ1) is 9.07. The number of hydrogen-bond donors (Lipinski definition) is 2.